The predicted molar refractivity (Wildman–Crippen MR) is 57.5 cm³/mol. The van der Waals surface area contributed by atoms with E-state index >= 15 is 0 Å². The van der Waals surface area contributed by atoms with Gasteiger partial charge >= 0.3 is 0 Å². The lowest BCUT2D eigenvalue weighted by molar-refractivity contribution is 0.357. The average Bonchev–Trinajstić information content (AvgIpc) is 2.64. The summed E-state index contributed by atoms with van der Waals surface area (Å²) in [6.45, 7) is 1.81. The number of nitrogens with zero attached hydrogens (tertiary/aromatic N) is 1. The van der Waals surface area contributed by atoms with Crippen LogP contribution in [-0.4, -0.2) is 18.1 Å². The quantitative estimate of drug-likeness (QED) is 0.839. The van der Waals surface area contributed by atoms with Crippen LogP contribution in [0.3, 0.4) is 0 Å². The van der Waals surface area contributed by atoms with Gasteiger partial charge in [0.15, 0.2) is 5.89 Å². The van der Waals surface area contributed by atoms with E-state index in [0.717, 1.165) is 24.5 Å². The molecule has 3 rings (SSSR count). The number of hydrogen-bond acceptors (Lipinski definition) is 3. The van der Waals surface area contributed by atoms with Gasteiger partial charge in [-0.05, 0) is 12.1 Å². The van der Waals surface area contributed by atoms with E-state index < -0.39 is 0 Å². The third-order valence-electron chi connectivity index (χ3n) is 2.77. The van der Waals surface area contributed by atoms with Gasteiger partial charge in [0.1, 0.15) is 17.8 Å². The molecule has 1 N–H and O–H groups in total. The zero-order chi connectivity index (χ0) is 11.0. The minimum Gasteiger partial charge on any atom is -0.448 e. The number of rotatable bonds is 2. The van der Waals surface area contributed by atoms with Gasteiger partial charge in [0.25, 0.3) is 0 Å². The number of halogens is 1. The molecule has 0 aliphatic carbocycles. The van der Waals surface area contributed by atoms with Crippen LogP contribution in [0.5, 0.6) is 0 Å². The first-order valence-corrected chi connectivity index (χ1v) is 5.25. The second-order valence-corrected chi connectivity index (χ2v) is 3.94. The van der Waals surface area contributed by atoms with E-state index in [4.69, 9.17) is 4.42 Å². The molecule has 4 heteroatoms. The molecule has 0 spiro atoms. The Morgan fingerprint density at radius 2 is 2.25 bits per heavy atom. The second-order valence-electron chi connectivity index (χ2n) is 3.94. The molecule has 1 fully saturated rings. The number of hydrogen-bond donors (Lipinski definition) is 1. The molecule has 0 unspecified atom stereocenters. The van der Waals surface area contributed by atoms with Crippen molar-refractivity contribution in [3.05, 3.63) is 42.2 Å². The summed E-state index contributed by atoms with van der Waals surface area (Å²) in [5.74, 6) is 0.840. The van der Waals surface area contributed by atoms with Crippen LogP contribution < -0.4 is 5.32 Å². The van der Waals surface area contributed by atoms with Crippen molar-refractivity contribution in [3.63, 3.8) is 0 Å². The van der Waals surface area contributed by atoms with Crippen molar-refractivity contribution in [1.29, 1.82) is 0 Å². The second kappa shape index (κ2) is 3.72. The first-order valence-electron chi connectivity index (χ1n) is 5.25. The van der Waals surface area contributed by atoms with Gasteiger partial charge in [-0.1, -0.05) is 12.1 Å². The summed E-state index contributed by atoms with van der Waals surface area (Å²) >= 11 is 0. The molecule has 0 radical (unpaired) electrons. The number of aromatic nitrogens is 1. The molecular formula is C12H11FN2O. The van der Waals surface area contributed by atoms with E-state index in [1.54, 1.807) is 12.3 Å². The van der Waals surface area contributed by atoms with Crippen LogP contribution in [0.15, 0.2) is 34.9 Å². The van der Waals surface area contributed by atoms with Crippen LogP contribution in [0.25, 0.3) is 11.3 Å². The van der Waals surface area contributed by atoms with Gasteiger partial charge in [-0.25, -0.2) is 9.37 Å². The van der Waals surface area contributed by atoms with E-state index in [1.807, 2.05) is 6.07 Å². The highest BCUT2D eigenvalue weighted by Crippen LogP contribution is 2.24. The SMILES string of the molecule is Fc1cccc(-c2coc(C3CNC3)n2)c1. The summed E-state index contributed by atoms with van der Waals surface area (Å²) in [4.78, 5) is 4.37. The Kier molecular flexibility index (Phi) is 2.22. The first kappa shape index (κ1) is 9.54. The number of oxazole rings is 1. The summed E-state index contributed by atoms with van der Waals surface area (Å²) in [6.07, 6.45) is 1.59. The first-order chi connectivity index (χ1) is 7.83. The lowest BCUT2D eigenvalue weighted by atomic mass is 10.0. The van der Waals surface area contributed by atoms with Gasteiger partial charge < -0.3 is 9.73 Å². The van der Waals surface area contributed by atoms with Crippen molar-refractivity contribution < 1.29 is 8.81 Å². The third kappa shape index (κ3) is 1.61. The fraction of sp³-hybridized carbons (Fsp3) is 0.250. The Morgan fingerprint density at radius 3 is 2.94 bits per heavy atom. The van der Waals surface area contributed by atoms with Crippen molar-refractivity contribution in [1.82, 2.24) is 10.3 Å². The van der Waals surface area contributed by atoms with Crippen LogP contribution in [0.4, 0.5) is 4.39 Å². The molecule has 0 atom stereocenters. The summed E-state index contributed by atoms with van der Waals surface area (Å²) < 4.78 is 18.4. The van der Waals surface area contributed by atoms with Crippen LogP contribution in [0, 0.1) is 5.82 Å². The Morgan fingerprint density at radius 1 is 1.38 bits per heavy atom. The summed E-state index contributed by atoms with van der Waals surface area (Å²) in [5, 5.41) is 3.16. The largest absolute Gasteiger partial charge is 0.448 e. The summed E-state index contributed by atoms with van der Waals surface area (Å²) in [6, 6.07) is 6.37. The highest BCUT2D eigenvalue weighted by molar-refractivity contribution is 5.57. The van der Waals surface area contributed by atoms with Crippen molar-refractivity contribution >= 4 is 0 Å². The molecule has 82 valence electrons. The highest BCUT2D eigenvalue weighted by atomic mass is 19.1. The zero-order valence-corrected chi connectivity index (χ0v) is 8.61. The minimum atomic E-state index is -0.257. The van der Waals surface area contributed by atoms with E-state index in [2.05, 4.69) is 10.3 Å². The van der Waals surface area contributed by atoms with Gasteiger partial charge in [-0.3, -0.25) is 0 Å². The molecule has 2 aromatic rings. The fourth-order valence-corrected chi connectivity index (χ4v) is 1.72. The molecule has 1 aliphatic rings. The summed E-state index contributed by atoms with van der Waals surface area (Å²) in [7, 11) is 0. The van der Waals surface area contributed by atoms with Crippen molar-refractivity contribution in [2.45, 2.75) is 5.92 Å². The predicted octanol–water partition coefficient (Wildman–Crippen LogP) is 2.17. The molecule has 2 heterocycles. The normalized spacial score (nSPS) is 16.1. The lowest BCUT2D eigenvalue weighted by Crippen LogP contribution is -2.40. The van der Waals surface area contributed by atoms with E-state index in [-0.39, 0.29) is 5.82 Å². The van der Waals surface area contributed by atoms with Crippen LogP contribution in [0.2, 0.25) is 0 Å². The molecule has 1 aliphatic heterocycles. The molecule has 16 heavy (non-hydrogen) atoms. The summed E-state index contributed by atoms with van der Waals surface area (Å²) in [5.41, 5.74) is 1.45. The maximum absolute atomic E-state index is 13.0. The number of benzene rings is 1. The van der Waals surface area contributed by atoms with Gasteiger partial charge in [0.2, 0.25) is 0 Å². The maximum Gasteiger partial charge on any atom is 0.200 e. The van der Waals surface area contributed by atoms with Crippen LogP contribution >= 0.6 is 0 Å². The van der Waals surface area contributed by atoms with Gasteiger partial charge in [0, 0.05) is 18.7 Å². The molecule has 0 amide bonds. The Balaban J connectivity index is 1.91. The smallest absolute Gasteiger partial charge is 0.200 e. The average molecular weight is 218 g/mol. The molecule has 1 saturated heterocycles. The lowest BCUT2D eigenvalue weighted by Gasteiger charge is -2.23. The zero-order valence-electron chi connectivity index (χ0n) is 8.61. The van der Waals surface area contributed by atoms with Crippen LogP contribution in [0.1, 0.15) is 11.8 Å². The Bertz CT molecular complexity index is 505. The Labute approximate surface area is 92.3 Å². The molecule has 0 saturated carbocycles. The standard InChI is InChI=1S/C12H11FN2O/c13-10-3-1-2-8(4-10)11-7-16-12(15-11)9-5-14-6-9/h1-4,7,9,14H,5-6H2. The minimum absolute atomic E-state index is 0.257. The molecule has 0 bridgehead atoms. The molecule has 1 aromatic heterocycles. The van der Waals surface area contributed by atoms with Crippen molar-refractivity contribution in [2.24, 2.45) is 0 Å². The Hall–Kier alpha value is -1.68. The van der Waals surface area contributed by atoms with E-state index in [0.29, 0.717) is 11.6 Å². The number of nitrogens with one attached hydrogen (secondary N) is 1. The molecule has 1 aromatic carbocycles. The van der Waals surface area contributed by atoms with E-state index in [9.17, 15) is 4.39 Å². The van der Waals surface area contributed by atoms with E-state index in [1.165, 1.54) is 12.1 Å². The highest BCUT2D eigenvalue weighted by Gasteiger charge is 2.24. The fourth-order valence-electron chi connectivity index (χ4n) is 1.72. The van der Waals surface area contributed by atoms with Gasteiger partial charge in [-0.15, -0.1) is 0 Å². The monoisotopic (exact) mass is 218 g/mol. The molecular weight excluding hydrogens is 207 g/mol. The van der Waals surface area contributed by atoms with Crippen molar-refractivity contribution in [3.8, 4) is 11.3 Å². The molecule has 3 nitrogen and oxygen atoms in total. The maximum atomic E-state index is 13.0. The van der Waals surface area contributed by atoms with Gasteiger partial charge in [0.05, 0.1) is 5.92 Å². The third-order valence-corrected chi connectivity index (χ3v) is 2.77. The van der Waals surface area contributed by atoms with Crippen molar-refractivity contribution in [2.75, 3.05) is 13.1 Å². The van der Waals surface area contributed by atoms with Gasteiger partial charge in [-0.2, -0.15) is 0 Å². The van der Waals surface area contributed by atoms with Crippen LogP contribution in [-0.2, 0) is 0 Å². The topological polar surface area (TPSA) is 38.1 Å².